The van der Waals surface area contributed by atoms with Crippen molar-refractivity contribution in [3.05, 3.63) is 70.8 Å². The Morgan fingerprint density at radius 2 is 1.67 bits per heavy atom. The van der Waals surface area contributed by atoms with Gasteiger partial charge in [-0.1, -0.05) is 48.5 Å². The van der Waals surface area contributed by atoms with E-state index < -0.39 is 0 Å². The predicted molar refractivity (Wildman–Crippen MR) is 79.2 cm³/mol. The van der Waals surface area contributed by atoms with Crippen LogP contribution in [0.2, 0.25) is 0 Å². The summed E-state index contributed by atoms with van der Waals surface area (Å²) in [6.45, 7) is 2.18. The molecule has 0 atom stereocenters. The average molecular weight is 259 g/mol. The van der Waals surface area contributed by atoms with Gasteiger partial charge in [-0.2, -0.15) is 0 Å². The Morgan fingerprint density at radius 1 is 0.889 bits per heavy atom. The summed E-state index contributed by atoms with van der Waals surface area (Å²) in [5.74, 6) is 0.603. The summed E-state index contributed by atoms with van der Waals surface area (Å²) in [4.78, 5) is 0. The number of hydrogen-bond donors (Lipinski definition) is 0. The van der Waals surface area contributed by atoms with E-state index in [1.165, 1.54) is 28.7 Å². The van der Waals surface area contributed by atoms with Crippen LogP contribution >= 0.6 is 11.6 Å². The van der Waals surface area contributed by atoms with Gasteiger partial charge in [0.15, 0.2) is 0 Å². The van der Waals surface area contributed by atoms with E-state index in [2.05, 4.69) is 55.5 Å². The largest absolute Gasteiger partial charge is 0.122 e. The molecule has 0 aliphatic rings. The molecule has 0 aliphatic heterocycles. The first-order valence-electron chi connectivity index (χ1n) is 6.48. The van der Waals surface area contributed by atoms with Crippen molar-refractivity contribution in [2.24, 2.45) is 0 Å². The molecule has 0 amide bonds. The lowest BCUT2D eigenvalue weighted by molar-refractivity contribution is 0.815. The maximum absolute atomic E-state index is 5.88. The van der Waals surface area contributed by atoms with Crippen LogP contribution in [-0.4, -0.2) is 0 Å². The van der Waals surface area contributed by atoms with Crippen LogP contribution in [0.25, 0.3) is 0 Å². The van der Waals surface area contributed by atoms with Crippen LogP contribution in [-0.2, 0) is 18.7 Å². The maximum Gasteiger partial charge on any atom is 0.0474 e. The molecule has 0 unspecified atom stereocenters. The summed E-state index contributed by atoms with van der Waals surface area (Å²) >= 11 is 5.88. The van der Waals surface area contributed by atoms with Crippen molar-refractivity contribution in [3.8, 4) is 0 Å². The van der Waals surface area contributed by atoms with Gasteiger partial charge in [0.2, 0.25) is 0 Å². The van der Waals surface area contributed by atoms with E-state index in [-0.39, 0.29) is 0 Å². The van der Waals surface area contributed by atoms with Crippen LogP contribution in [0.4, 0.5) is 0 Å². The summed E-state index contributed by atoms with van der Waals surface area (Å²) in [5.41, 5.74) is 5.45. The summed E-state index contributed by atoms with van der Waals surface area (Å²) in [7, 11) is 0. The average Bonchev–Trinajstić information content (AvgIpc) is 2.42. The molecule has 94 valence electrons. The van der Waals surface area contributed by atoms with E-state index in [9.17, 15) is 0 Å². The molecule has 0 fully saturated rings. The van der Waals surface area contributed by atoms with Crippen molar-refractivity contribution in [3.63, 3.8) is 0 Å². The van der Waals surface area contributed by atoms with Gasteiger partial charge in [-0.15, -0.1) is 11.6 Å². The van der Waals surface area contributed by atoms with Gasteiger partial charge < -0.3 is 0 Å². The lowest BCUT2D eigenvalue weighted by Crippen LogP contribution is -1.94. The van der Waals surface area contributed by atoms with Crippen LogP contribution in [0.5, 0.6) is 0 Å². The maximum atomic E-state index is 5.88. The van der Waals surface area contributed by atoms with Crippen LogP contribution in [0.15, 0.2) is 48.5 Å². The molecule has 0 aromatic heterocycles. The smallest absolute Gasteiger partial charge is 0.0474 e. The Bertz CT molecular complexity index is 488. The molecule has 2 aromatic carbocycles. The van der Waals surface area contributed by atoms with Gasteiger partial charge in [0.25, 0.3) is 0 Å². The molecule has 2 rings (SSSR count). The van der Waals surface area contributed by atoms with Crippen molar-refractivity contribution in [2.45, 2.75) is 32.1 Å². The van der Waals surface area contributed by atoms with Crippen molar-refractivity contribution in [1.82, 2.24) is 0 Å². The van der Waals surface area contributed by atoms with Crippen molar-refractivity contribution in [1.29, 1.82) is 0 Å². The topological polar surface area (TPSA) is 0 Å². The van der Waals surface area contributed by atoms with E-state index in [0.717, 1.165) is 12.8 Å². The number of benzene rings is 2. The molecule has 0 aliphatic carbocycles. The van der Waals surface area contributed by atoms with E-state index in [1.54, 1.807) is 0 Å². The highest BCUT2D eigenvalue weighted by Crippen LogP contribution is 2.16. The van der Waals surface area contributed by atoms with Crippen LogP contribution in [0, 0.1) is 6.92 Å². The third-order valence-electron chi connectivity index (χ3n) is 3.32. The van der Waals surface area contributed by atoms with Gasteiger partial charge in [-0.05, 0) is 48.4 Å². The lowest BCUT2D eigenvalue weighted by atomic mass is 9.99. The number of halogens is 1. The molecular weight excluding hydrogens is 240 g/mol. The fraction of sp³-hybridized carbons (Fsp3) is 0.294. The van der Waals surface area contributed by atoms with Gasteiger partial charge in [-0.3, -0.25) is 0 Å². The lowest BCUT2D eigenvalue weighted by Gasteiger charge is -2.08. The molecular formula is C17H19Cl. The molecule has 0 spiro atoms. The van der Waals surface area contributed by atoms with Gasteiger partial charge in [0.1, 0.15) is 0 Å². The molecule has 0 N–H and O–H groups in total. The van der Waals surface area contributed by atoms with Gasteiger partial charge in [0, 0.05) is 5.88 Å². The van der Waals surface area contributed by atoms with E-state index in [4.69, 9.17) is 11.6 Å². The fourth-order valence-corrected chi connectivity index (χ4v) is 2.37. The number of aryl methyl sites for hydroxylation is 3. The molecule has 0 heterocycles. The monoisotopic (exact) mass is 258 g/mol. The summed E-state index contributed by atoms with van der Waals surface area (Å²) in [6, 6.07) is 17.2. The molecule has 1 heteroatoms. The first-order valence-corrected chi connectivity index (χ1v) is 7.01. The van der Waals surface area contributed by atoms with Crippen molar-refractivity contribution in [2.75, 3.05) is 0 Å². The number of rotatable bonds is 5. The van der Waals surface area contributed by atoms with Crippen LogP contribution in [0.1, 0.15) is 28.7 Å². The number of alkyl halides is 1. The standard InChI is InChI=1S/C17H19Cl/c1-14-10-11-16(13-18)12-17(14)9-5-8-15-6-3-2-4-7-15/h2-4,6-7,10-12H,5,8-9,13H2,1H3. The minimum atomic E-state index is 0.603. The highest BCUT2D eigenvalue weighted by molar-refractivity contribution is 6.17. The van der Waals surface area contributed by atoms with Gasteiger partial charge in [-0.25, -0.2) is 0 Å². The van der Waals surface area contributed by atoms with Gasteiger partial charge in [0.05, 0.1) is 0 Å². The second kappa shape index (κ2) is 6.61. The quantitative estimate of drug-likeness (QED) is 0.669. The second-order valence-electron chi connectivity index (χ2n) is 4.73. The Balaban J connectivity index is 1.94. The Kier molecular flexibility index (Phi) is 4.83. The SMILES string of the molecule is Cc1ccc(CCl)cc1CCCc1ccccc1. The second-order valence-corrected chi connectivity index (χ2v) is 5.00. The molecule has 0 nitrogen and oxygen atoms in total. The van der Waals surface area contributed by atoms with Crippen molar-refractivity contribution >= 4 is 11.6 Å². The van der Waals surface area contributed by atoms with E-state index in [1.807, 2.05) is 0 Å². The highest BCUT2D eigenvalue weighted by Gasteiger charge is 2.01. The van der Waals surface area contributed by atoms with Crippen LogP contribution < -0.4 is 0 Å². The minimum Gasteiger partial charge on any atom is -0.122 e. The molecule has 0 saturated carbocycles. The molecule has 2 aromatic rings. The minimum absolute atomic E-state index is 0.603. The van der Waals surface area contributed by atoms with Crippen LogP contribution in [0.3, 0.4) is 0 Å². The van der Waals surface area contributed by atoms with Gasteiger partial charge >= 0.3 is 0 Å². The first kappa shape index (κ1) is 13.2. The summed E-state index contributed by atoms with van der Waals surface area (Å²) < 4.78 is 0. The Hall–Kier alpha value is -1.27. The molecule has 18 heavy (non-hydrogen) atoms. The third kappa shape index (κ3) is 3.61. The predicted octanol–water partition coefficient (Wildman–Crippen LogP) is 4.91. The van der Waals surface area contributed by atoms with Crippen molar-refractivity contribution < 1.29 is 0 Å². The highest BCUT2D eigenvalue weighted by atomic mass is 35.5. The number of hydrogen-bond acceptors (Lipinski definition) is 0. The summed E-state index contributed by atoms with van der Waals surface area (Å²) in [5, 5.41) is 0. The van der Waals surface area contributed by atoms with E-state index >= 15 is 0 Å². The third-order valence-corrected chi connectivity index (χ3v) is 3.63. The molecule has 0 bridgehead atoms. The zero-order valence-electron chi connectivity index (χ0n) is 10.8. The zero-order valence-corrected chi connectivity index (χ0v) is 11.6. The zero-order chi connectivity index (χ0) is 12.8. The first-order chi connectivity index (χ1) is 8.79. The summed E-state index contributed by atoms with van der Waals surface area (Å²) in [6.07, 6.45) is 3.47. The fourth-order valence-electron chi connectivity index (χ4n) is 2.20. The van der Waals surface area contributed by atoms with E-state index in [0.29, 0.717) is 5.88 Å². The molecule has 0 radical (unpaired) electrons. The molecule has 0 saturated heterocycles. The normalized spacial score (nSPS) is 10.6. The Morgan fingerprint density at radius 3 is 2.39 bits per heavy atom. The Labute approximate surface area is 115 Å².